The Balaban J connectivity index is 2.02. The first-order valence-electron chi connectivity index (χ1n) is 6.16. The summed E-state index contributed by atoms with van der Waals surface area (Å²) in [5, 5.41) is 9.69. The number of aliphatic hydroxyl groups excluding tert-OH is 1. The molecule has 19 heavy (non-hydrogen) atoms. The largest absolute Gasteiger partial charge is 0.469 e. The summed E-state index contributed by atoms with van der Waals surface area (Å²) in [6, 6.07) is 9.83. The lowest BCUT2D eigenvalue weighted by Crippen LogP contribution is -2.18. The summed E-state index contributed by atoms with van der Waals surface area (Å²) < 4.78 is 9.96. The topological polar surface area (TPSA) is 55.8 Å². The summed E-state index contributed by atoms with van der Waals surface area (Å²) >= 11 is 1.52. The lowest BCUT2D eigenvalue weighted by molar-refractivity contribution is -0.140. The molecule has 1 N–H and O–H groups in total. The summed E-state index contributed by atoms with van der Waals surface area (Å²) in [6.07, 6.45) is -0.134. The van der Waals surface area contributed by atoms with E-state index in [4.69, 9.17) is 4.74 Å². The van der Waals surface area contributed by atoms with Crippen LogP contribution >= 0.6 is 11.8 Å². The van der Waals surface area contributed by atoms with Crippen molar-refractivity contribution < 1.29 is 19.4 Å². The minimum absolute atomic E-state index is 0.220. The van der Waals surface area contributed by atoms with Crippen LogP contribution in [0, 0.1) is 0 Å². The van der Waals surface area contributed by atoms with Crippen molar-refractivity contribution in [2.45, 2.75) is 19.1 Å². The van der Waals surface area contributed by atoms with Crippen LogP contribution in [0.1, 0.15) is 12.0 Å². The molecule has 5 heteroatoms. The molecule has 1 aromatic carbocycles. The van der Waals surface area contributed by atoms with Gasteiger partial charge in [-0.1, -0.05) is 30.3 Å². The van der Waals surface area contributed by atoms with Gasteiger partial charge in [0.15, 0.2) is 0 Å². The van der Waals surface area contributed by atoms with Crippen LogP contribution in [0.25, 0.3) is 0 Å². The standard InChI is InChI=1S/C14H20O4S/c1-17-14(16)7-8-19-11-13(15)10-18-9-12-5-3-2-4-6-12/h2-6,13,15H,7-11H2,1H3. The molecule has 0 saturated carbocycles. The van der Waals surface area contributed by atoms with E-state index in [1.54, 1.807) is 0 Å². The van der Waals surface area contributed by atoms with E-state index >= 15 is 0 Å². The van der Waals surface area contributed by atoms with Crippen LogP contribution in [0.15, 0.2) is 30.3 Å². The SMILES string of the molecule is COC(=O)CCSCC(O)COCc1ccccc1. The molecule has 0 aromatic heterocycles. The number of hydrogen-bond acceptors (Lipinski definition) is 5. The van der Waals surface area contributed by atoms with E-state index in [1.165, 1.54) is 18.9 Å². The molecule has 0 bridgehead atoms. The maximum absolute atomic E-state index is 10.9. The number of rotatable bonds is 9. The lowest BCUT2D eigenvalue weighted by Gasteiger charge is -2.10. The Morgan fingerprint density at radius 3 is 2.79 bits per heavy atom. The molecule has 0 aliphatic heterocycles. The summed E-state index contributed by atoms with van der Waals surface area (Å²) in [7, 11) is 1.37. The molecule has 1 aromatic rings. The Hall–Kier alpha value is -1.04. The zero-order chi connectivity index (χ0) is 13.9. The Morgan fingerprint density at radius 2 is 2.11 bits per heavy atom. The number of benzene rings is 1. The van der Waals surface area contributed by atoms with Crippen molar-refractivity contribution in [1.82, 2.24) is 0 Å². The monoisotopic (exact) mass is 284 g/mol. The number of esters is 1. The highest BCUT2D eigenvalue weighted by Crippen LogP contribution is 2.07. The molecule has 1 unspecified atom stereocenters. The average Bonchev–Trinajstić information content (AvgIpc) is 2.44. The van der Waals surface area contributed by atoms with Crippen LogP contribution in [-0.2, 0) is 20.9 Å². The Morgan fingerprint density at radius 1 is 1.37 bits per heavy atom. The van der Waals surface area contributed by atoms with Crippen LogP contribution in [0.3, 0.4) is 0 Å². The van der Waals surface area contributed by atoms with E-state index < -0.39 is 6.10 Å². The molecule has 1 rings (SSSR count). The van der Waals surface area contributed by atoms with E-state index in [2.05, 4.69) is 4.74 Å². The quantitative estimate of drug-likeness (QED) is 0.554. The Labute approximate surface area is 118 Å². The van der Waals surface area contributed by atoms with Crippen molar-refractivity contribution >= 4 is 17.7 Å². The van der Waals surface area contributed by atoms with Gasteiger partial charge in [0.25, 0.3) is 0 Å². The van der Waals surface area contributed by atoms with Crippen molar-refractivity contribution in [3.8, 4) is 0 Å². The van der Waals surface area contributed by atoms with Gasteiger partial charge in [-0.25, -0.2) is 0 Å². The molecule has 0 radical (unpaired) electrons. The van der Waals surface area contributed by atoms with Gasteiger partial charge in [-0.2, -0.15) is 11.8 Å². The van der Waals surface area contributed by atoms with Crippen LogP contribution in [0.2, 0.25) is 0 Å². The van der Waals surface area contributed by atoms with Crippen molar-refractivity contribution in [2.75, 3.05) is 25.2 Å². The first kappa shape index (κ1) is 16.0. The Bertz CT molecular complexity index is 356. The van der Waals surface area contributed by atoms with Crippen LogP contribution in [-0.4, -0.2) is 42.4 Å². The van der Waals surface area contributed by atoms with Gasteiger partial charge in [0, 0.05) is 11.5 Å². The smallest absolute Gasteiger partial charge is 0.306 e. The number of aliphatic hydroxyl groups is 1. The average molecular weight is 284 g/mol. The second kappa shape index (κ2) is 9.83. The summed E-state index contributed by atoms with van der Waals surface area (Å²) in [4.78, 5) is 10.9. The van der Waals surface area contributed by atoms with Gasteiger partial charge >= 0.3 is 5.97 Å². The molecule has 4 nitrogen and oxygen atoms in total. The summed E-state index contributed by atoms with van der Waals surface area (Å²) in [5.41, 5.74) is 1.09. The van der Waals surface area contributed by atoms with Gasteiger partial charge in [-0.3, -0.25) is 4.79 Å². The van der Waals surface area contributed by atoms with E-state index in [1.807, 2.05) is 30.3 Å². The number of carbonyl (C=O) groups is 1. The number of carbonyl (C=O) groups excluding carboxylic acids is 1. The predicted molar refractivity (Wildman–Crippen MR) is 76.1 cm³/mol. The molecule has 0 heterocycles. The molecular formula is C14H20O4S. The highest BCUT2D eigenvalue weighted by Gasteiger charge is 2.06. The van der Waals surface area contributed by atoms with Crippen LogP contribution in [0.4, 0.5) is 0 Å². The number of methoxy groups -OCH3 is 1. The first-order valence-corrected chi connectivity index (χ1v) is 7.32. The third kappa shape index (κ3) is 7.87. The molecule has 0 aliphatic carbocycles. The molecule has 0 aliphatic rings. The fraction of sp³-hybridized carbons (Fsp3) is 0.500. The number of ether oxygens (including phenoxy) is 2. The fourth-order valence-corrected chi connectivity index (χ4v) is 2.26. The molecule has 0 spiro atoms. The van der Waals surface area contributed by atoms with Gasteiger partial charge in [0.1, 0.15) is 0 Å². The summed E-state index contributed by atoms with van der Waals surface area (Å²) in [6.45, 7) is 0.810. The molecule has 1 atom stereocenters. The molecule has 0 fully saturated rings. The van der Waals surface area contributed by atoms with Crippen molar-refractivity contribution in [3.05, 3.63) is 35.9 Å². The second-order valence-corrected chi connectivity index (χ2v) is 5.21. The normalized spacial score (nSPS) is 12.1. The second-order valence-electron chi connectivity index (χ2n) is 4.06. The highest BCUT2D eigenvalue weighted by molar-refractivity contribution is 7.99. The minimum Gasteiger partial charge on any atom is -0.469 e. The maximum Gasteiger partial charge on any atom is 0.306 e. The molecule has 0 saturated heterocycles. The third-order valence-electron chi connectivity index (χ3n) is 2.41. The maximum atomic E-state index is 10.9. The lowest BCUT2D eigenvalue weighted by atomic mass is 10.2. The van der Waals surface area contributed by atoms with Crippen molar-refractivity contribution in [3.63, 3.8) is 0 Å². The van der Waals surface area contributed by atoms with Gasteiger partial charge in [-0.05, 0) is 5.56 Å². The minimum atomic E-state index is -0.508. The van der Waals surface area contributed by atoms with E-state index in [-0.39, 0.29) is 5.97 Å². The van der Waals surface area contributed by atoms with Crippen molar-refractivity contribution in [1.29, 1.82) is 0 Å². The van der Waals surface area contributed by atoms with Crippen molar-refractivity contribution in [2.24, 2.45) is 0 Å². The fourth-order valence-electron chi connectivity index (χ4n) is 1.41. The van der Waals surface area contributed by atoms with E-state index in [0.717, 1.165) is 5.56 Å². The van der Waals surface area contributed by atoms with Gasteiger partial charge in [-0.15, -0.1) is 0 Å². The number of thioether (sulfide) groups is 1. The number of hydrogen-bond donors (Lipinski definition) is 1. The Kier molecular flexibility index (Phi) is 8.29. The van der Waals surface area contributed by atoms with Gasteiger partial charge < -0.3 is 14.6 Å². The molecule has 0 amide bonds. The first-order chi connectivity index (χ1) is 9.22. The van der Waals surface area contributed by atoms with Gasteiger partial charge in [0.05, 0.1) is 32.8 Å². The molecule has 106 valence electrons. The van der Waals surface area contributed by atoms with Crippen LogP contribution in [0.5, 0.6) is 0 Å². The third-order valence-corrected chi connectivity index (χ3v) is 3.52. The predicted octanol–water partition coefficient (Wildman–Crippen LogP) is 1.86. The van der Waals surface area contributed by atoms with Crippen LogP contribution < -0.4 is 0 Å². The zero-order valence-electron chi connectivity index (χ0n) is 11.1. The van der Waals surface area contributed by atoms with E-state index in [9.17, 15) is 9.90 Å². The highest BCUT2D eigenvalue weighted by atomic mass is 32.2. The summed E-state index contributed by atoms with van der Waals surface area (Å²) in [5.74, 6) is 0.996. The molecular weight excluding hydrogens is 264 g/mol. The zero-order valence-corrected chi connectivity index (χ0v) is 11.9. The van der Waals surface area contributed by atoms with Gasteiger partial charge in [0.2, 0.25) is 0 Å². The van der Waals surface area contributed by atoms with E-state index in [0.29, 0.717) is 31.1 Å².